The molecule has 0 spiro atoms. The van der Waals surface area contributed by atoms with Gasteiger partial charge in [-0.15, -0.1) is 0 Å². The maximum Gasteiger partial charge on any atom is 1.00 e. The van der Waals surface area contributed by atoms with Gasteiger partial charge in [-0.3, -0.25) is 0 Å². The van der Waals surface area contributed by atoms with Crippen LogP contribution in [-0.2, 0) is 0 Å². The molecule has 0 saturated heterocycles. The standard InChI is InChI=1S/C8H21N3/c1-5-7-9-11(8-6-2)10(3)4/h9H,5-8H2,1-4H3/p+1. The third-order valence-electron chi connectivity index (χ3n) is 1.46. The Morgan fingerprint density at radius 2 is 1.82 bits per heavy atom. The summed E-state index contributed by atoms with van der Waals surface area (Å²) in [6.45, 7) is 6.49. The number of nitrogens with one attached hydrogen (secondary N) is 1. The van der Waals surface area contributed by atoms with Gasteiger partial charge in [0.2, 0.25) is 0 Å². The molecule has 0 unspecified atom stereocenters. The largest absolute Gasteiger partial charge is 1.00 e. The lowest BCUT2D eigenvalue weighted by molar-refractivity contribution is -0.0277. The van der Waals surface area contributed by atoms with Crippen molar-refractivity contribution in [3.05, 3.63) is 0 Å². The van der Waals surface area contributed by atoms with Gasteiger partial charge in [-0.2, -0.15) is 5.12 Å². The number of hydrogen-bond donors (Lipinski definition) is 1. The Balaban J connectivity index is 0. The molecule has 0 aromatic heterocycles. The smallest absolute Gasteiger partial charge is 0.241 e. The molecule has 0 aliphatic rings. The van der Waals surface area contributed by atoms with E-state index in [2.05, 4.69) is 43.5 Å². The van der Waals surface area contributed by atoms with Crippen LogP contribution in [0.25, 0.3) is 0 Å². The Morgan fingerprint density at radius 3 is 2.18 bits per heavy atom. The summed E-state index contributed by atoms with van der Waals surface area (Å²) < 4.78 is 0. The van der Waals surface area contributed by atoms with Crippen molar-refractivity contribution in [2.45, 2.75) is 26.7 Å². The lowest BCUT2D eigenvalue weighted by atomic mass is 10.5. The summed E-state index contributed by atoms with van der Waals surface area (Å²) in [5.41, 5.74) is 3.33. The van der Waals surface area contributed by atoms with Crippen LogP contribution in [0.2, 0.25) is 0 Å². The van der Waals surface area contributed by atoms with Crippen molar-refractivity contribution in [1.82, 2.24) is 15.6 Å². The fourth-order valence-corrected chi connectivity index (χ4v) is 0.873. The van der Waals surface area contributed by atoms with Crippen molar-refractivity contribution in [1.29, 1.82) is 0 Å². The van der Waals surface area contributed by atoms with Crippen LogP contribution in [0.1, 0.15) is 28.1 Å². The van der Waals surface area contributed by atoms with Crippen molar-refractivity contribution in [2.75, 3.05) is 27.2 Å². The number of nitrogens with zero attached hydrogens (tertiary/aromatic N) is 2. The molecule has 0 aliphatic heterocycles. The van der Waals surface area contributed by atoms with E-state index < -0.39 is 0 Å². The van der Waals surface area contributed by atoms with Crippen molar-refractivity contribution < 1.29 is 1.43 Å². The molecule has 0 saturated carbocycles. The zero-order valence-electron chi connectivity index (χ0n) is 9.22. The predicted octanol–water partition coefficient (Wildman–Crippen LogP) is 1.20. The maximum atomic E-state index is 3.33. The monoisotopic (exact) mass is 160 g/mol. The molecule has 11 heavy (non-hydrogen) atoms. The molecule has 0 aromatic carbocycles. The summed E-state index contributed by atoms with van der Waals surface area (Å²) in [5, 5.41) is 4.22. The second-order valence-corrected chi connectivity index (χ2v) is 2.88. The first-order valence-electron chi connectivity index (χ1n) is 4.40. The Hall–Kier alpha value is -0.120. The van der Waals surface area contributed by atoms with Crippen LogP contribution >= 0.6 is 0 Å². The molecule has 0 rings (SSSR count). The van der Waals surface area contributed by atoms with Crippen LogP contribution in [0.5, 0.6) is 0 Å². The van der Waals surface area contributed by atoms with Crippen LogP contribution in [0.3, 0.4) is 0 Å². The molecule has 0 radical (unpaired) electrons. The lowest BCUT2D eigenvalue weighted by Crippen LogP contribution is -2.47. The van der Waals surface area contributed by atoms with Gasteiger partial charge in [-0.25, -0.2) is 10.4 Å². The molecule has 3 heteroatoms. The van der Waals surface area contributed by atoms with Gasteiger partial charge >= 0.3 is 1.43 Å². The second kappa shape index (κ2) is 6.58. The molecule has 0 atom stereocenters. The average molecular weight is 160 g/mol. The SMILES string of the molecule is CCCNN(CCC)N(C)C.[H+]. The molecule has 1 N–H and O–H groups in total. The first-order chi connectivity index (χ1) is 5.22. The van der Waals surface area contributed by atoms with E-state index in [1.807, 2.05) is 0 Å². The molecule has 0 aromatic rings. The van der Waals surface area contributed by atoms with E-state index in [4.69, 9.17) is 0 Å². The normalized spacial score (nSPS) is 11.5. The van der Waals surface area contributed by atoms with E-state index in [0.29, 0.717) is 0 Å². The summed E-state index contributed by atoms with van der Waals surface area (Å²) in [6, 6.07) is 0. The molecule has 0 aliphatic carbocycles. The zero-order chi connectivity index (χ0) is 8.69. The Morgan fingerprint density at radius 1 is 1.18 bits per heavy atom. The first-order valence-corrected chi connectivity index (χ1v) is 4.40. The molecule has 3 nitrogen and oxygen atoms in total. The summed E-state index contributed by atoms with van der Waals surface area (Å²) in [4.78, 5) is 0. The minimum absolute atomic E-state index is 0. The van der Waals surface area contributed by atoms with Gasteiger partial charge in [0, 0.05) is 27.2 Å². The van der Waals surface area contributed by atoms with Gasteiger partial charge in [0.05, 0.1) is 0 Å². The Labute approximate surface area is 71.8 Å². The van der Waals surface area contributed by atoms with Crippen molar-refractivity contribution in [3.63, 3.8) is 0 Å². The van der Waals surface area contributed by atoms with Gasteiger partial charge in [0.25, 0.3) is 0 Å². The van der Waals surface area contributed by atoms with Crippen molar-refractivity contribution >= 4 is 0 Å². The van der Waals surface area contributed by atoms with Gasteiger partial charge in [0.15, 0.2) is 0 Å². The first kappa shape index (κ1) is 10.9. The third kappa shape index (κ3) is 5.18. The van der Waals surface area contributed by atoms with E-state index in [9.17, 15) is 0 Å². The molecule has 0 heterocycles. The quantitative estimate of drug-likeness (QED) is 0.589. The fraction of sp³-hybridized carbons (Fsp3) is 1.00. The van der Waals surface area contributed by atoms with Crippen LogP contribution in [0, 0.1) is 0 Å². The minimum Gasteiger partial charge on any atom is -0.241 e. The summed E-state index contributed by atoms with van der Waals surface area (Å²) in [6.07, 6.45) is 2.35. The highest BCUT2D eigenvalue weighted by molar-refractivity contribution is 4.43. The number of hydrazine groups is 2. The predicted molar refractivity (Wildman–Crippen MR) is 50.1 cm³/mol. The van der Waals surface area contributed by atoms with Gasteiger partial charge < -0.3 is 0 Å². The second-order valence-electron chi connectivity index (χ2n) is 2.88. The third-order valence-corrected chi connectivity index (χ3v) is 1.46. The topological polar surface area (TPSA) is 18.5 Å². The maximum absolute atomic E-state index is 3.33. The number of hydrogen-bond acceptors (Lipinski definition) is 3. The Kier molecular flexibility index (Phi) is 6.51. The van der Waals surface area contributed by atoms with E-state index in [-0.39, 0.29) is 1.43 Å². The molecule has 0 bridgehead atoms. The van der Waals surface area contributed by atoms with Gasteiger partial charge in [0.1, 0.15) is 0 Å². The van der Waals surface area contributed by atoms with Crippen molar-refractivity contribution in [3.8, 4) is 0 Å². The molecular formula is C8H22N3+. The van der Waals surface area contributed by atoms with Gasteiger partial charge in [-0.1, -0.05) is 13.8 Å². The van der Waals surface area contributed by atoms with Crippen LogP contribution < -0.4 is 5.43 Å². The highest BCUT2D eigenvalue weighted by Crippen LogP contribution is 1.88. The van der Waals surface area contributed by atoms with Crippen LogP contribution in [-0.4, -0.2) is 37.3 Å². The summed E-state index contributed by atoms with van der Waals surface area (Å²) in [7, 11) is 4.11. The fourth-order valence-electron chi connectivity index (χ4n) is 0.873. The van der Waals surface area contributed by atoms with Crippen molar-refractivity contribution in [2.24, 2.45) is 0 Å². The van der Waals surface area contributed by atoms with E-state index in [1.54, 1.807) is 0 Å². The minimum atomic E-state index is 0. The molecule has 0 amide bonds. The molecule has 0 fully saturated rings. The molecule has 68 valence electrons. The zero-order valence-corrected chi connectivity index (χ0v) is 8.22. The van der Waals surface area contributed by atoms with E-state index in [0.717, 1.165) is 13.1 Å². The van der Waals surface area contributed by atoms with Gasteiger partial charge in [-0.05, 0) is 12.8 Å². The lowest BCUT2D eigenvalue weighted by Gasteiger charge is -2.28. The van der Waals surface area contributed by atoms with Crippen LogP contribution in [0.4, 0.5) is 0 Å². The average Bonchev–Trinajstić information content (AvgIpc) is 1.97. The van der Waals surface area contributed by atoms with Crippen LogP contribution in [0.15, 0.2) is 0 Å². The number of rotatable bonds is 6. The summed E-state index contributed by atoms with van der Waals surface area (Å²) >= 11 is 0. The van der Waals surface area contributed by atoms with E-state index >= 15 is 0 Å². The van der Waals surface area contributed by atoms with E-state index in [1.165, 1.54) is 12.8 Å². The Bertz CT molecular complexity index is 88.4. The molecular weight excluding hydrogens is 138 g/mol. The summed E-state index contributed by atoms with van der Waals surface area (Å²) in [5.74, 6) is 0. The highest BCUT2D eigenvalue weighted by Gasteiger charge is 2.02. The highest BCUT2D eigenvalue weighted by atomic mass is 15.8.